The molecule has 0 spiro atoms. The number of rotatable bonds is 6. The first-order valence-electron chi connectivity index (χ1n) is 7.22. The number of carboxylic acid groups (broad SMARTS) is 1. The van der Waals surface area contributed by atoms with Gasteiger partial charge in [0.05, 0.1) is 5.69 Å². The van der Waals surface area contributed by atoms with Crippen LogP contribution in [0, 0.1) is 0 Å². The third kappa shape index (κ3) is 4.34. The van der Waals surface area contributed by atoms with Gasteiger partial charge in [-0.25, -0.2) is 4.98 Å². The average molecular weight is 359 g/mol. The summed E-state index contributed by atoms with van der Waals surface area (Å²) in [7, 11) is 0. The fraction of sp³-hybridized carbons (Fsp3) is 0.111. The Kier molecular flexibility index (Phi) is 5.13. The van der Waals surface area contributed by atoms with E-state index in [9.17, 15) is 9.90 Å². The molecule has 1 heterocycles. The van der Waals surface area contributed by atoms with Gasteiger partial charge in [0.2, 0.25) is 0 Å². The number of benzene rings is 2. The summed E-state index contributed by atoms with van der Waals surface area (Å²) in [6, 6.07) is 15.0. The Balaban J connectivity index is 1.63. The molecule has 0 radical (unpaired) electrons. The van der Waals surface area contributed by atoms with Gasteiger partial charge in [0.25, 0.3) is 0 Å². The van der Waals surface area contributed by atoms with Crippen molar-refractivity contribution in [3.8, 4) is 16.3 Å². The van der Waals surface area contributed by atoms with Gasteiger partial charge in [-0.05, 0) is 42.0 Å². The molecule has 0 amide bonds. The summed E-state index contributed by atoms with van der Waals surface area (Å²) in [5.74, 6) is -0.377. The molecule has 3 aromatic rings. The van der Waals surface area contributed by atoms with Gasteiger partial charge < -0.3 is 14.6 Å². The van der Waals surface area contributed by atoms with Crippen LogP contribution in [0.1, 0.15) is 11.3 Å². The molecule has 0 fully saturated rings. The van der Waals surface area contributed by atoms with E-state index in [2.05, 4.69) is 4.98 Å². The highest BCUT2D eigenvalue weighted by Crippen LogP contribution is 2.26. The molecule has 0 saturated carbocycles. The quantitative estimate of drug-likeness (QED) is 0.678. The fourth-order valence-electron chi connectivity index (χ4n) is 2.11. The average Bonchev–Trinajstić information content (AvgIpc) is 3.02. The summed E-state index contributed by atoms with van der Waals surface area (Å²) in [5.41, 5.74) is 2.47. The van der Waals surface area contributed by atoms with Crippen molar-refractivity contribution in [2.24, 2.45) is 0 Å². The summed E-state index contributed by atoms with van der Waals surface area (Å²) < 4.78 is 5.73. The highest BCUT2D eigenvalue weighted by molar-refractivity contribution is 7.13. The Morgan fingerprint density at radius 2 is 1.83 bits per heavy atom. The number of halogens is 1. The number of aliphatic carboxylic acids is 1. The number of carboxylic acids is 1. The van der Waals surface area contributed by atoms with Crippen LogP contribution in [0.25, 0.3) is 10.6 Å². The van der Waals surface area contributed by atoms with Crippen molar-refractivity contribution < 1.29 is 14.6 Å². The summed E-state index contributed by atoms with van der Waals surface area (Å²) in [6.07, 6.45) is -0.168. The van der Waals surface area contributed by atoms with Crippen LogP contribution in [0.2, 0.25) is 5.02 Å². The minimum atomic E-state index is -1.13. The lowest BCUT2D eigenvalue weighted by Crippen LogP contribution is -2.24. The van der Waals surface area contributed by atoms with Crippen LogP contribution >= 0.6 is 22.9 Å². The second-order valence-corrected chi connectivity index (χ2v) is 6.43. The van der Waals surface area contributed by atoms with E-state index in [0.717, 1.165) is 21.9 Å². The third-order valence-corrected chi connectivity index (χ3v) is 4.49. The summed E-state index contributed by atoms with van der Waals surface area (Å²) in [6.45, 7) is 0.462. The molecule has 1 aromatic heterocycles. The summed E-state index contributed by atoms with van der Waals surface area (Å²) >= 11 is 7.26. The van der Waals surface area contributed by atoms with Gasteiger partial charge in [-0.1, -0.05) is 23.7 Å². The minimum absolute atomic E-state index is 0.168. The van der Waals surface area contributed by atoms with Crippen LogP contribution in [-0.4, -0.2) is 11.0 Å². The topological polar surface area (TPSA) is 62.2 Å². The van der Waals surface area contributed by atoms with Crippen LogP contribution in [0.3, 0.4) is 0 Å². The SMILES string of the molecule is O=C([O-])Cc1csc(-c2ccc(OCc3ccc(Cl)cc3)cc2)n1. The molecule has 0 unspecified atom stereocenters. The zero-order chi connectivity index (χ0) is 16.9. The number of thiazole rings is 1. The lowest BCUT2D eigenvalue weighted by molar-refractivity contribution is -0.304. The van der Waals surface area contributed by atoms with Gasteiger partial charge in [0.15, 0.2) is 0 Å². The Bertz CT molecular complexity index is 828. The van der Waals surface area contributed by atoms with Crippen molar-refractivity contribution in [2.45, 2.75) is 13.0 Å². The molecule has 4 nitrogen and oxygen atoms in total. The van der Waals surface area contributed by atoms with Crippen molar-refractivity contribution in [3.05, 3.63) is 70.2 Å². The molecule has 0 saturated heterocycles. The highest BCUT2D eigenvalue weighted by atomic mass is 35.5. The first-order valence-corrected chi connectivity index (χ1v) is 8.48. The molecule has 24 heavy (non-hydrogen) atoms. The maximum atomic E-state index is 10.6. The van der Waals surface area contributed by atoms with Gasteiger partial charge in [0.1, 0.15) is 17.4 Å². The number of hydrogen-bond donors (Lipinski definition) is 0. The van der Waals surface area contributed by atoms with E-state index in [1.54, 1.807) is 5.38 Å². The third-order valence-electron chi connectivity index (χ3n) is 3.30. The van der Waals surface area contributed by atoms with Crippen LogP contribution < -0.4 is 9.84 Å². The fourth-order valence-corrected chi connectivity index (χ4v) is 3.06. The Hall–Kier alpha value is -2.37. The van der Waals surface area contributed by atoms with E-state index >= 15 is 0 Å². The Labute approximate surface area is 148 Å². The number of ether oxygens (including phenoxy) is 1. The van der Waals surface area contributed by atoms with Crippen molar-refractivity contribution in [2.75, 3.05) is 0 Å². The first kappa shape index (κ1) is 16.5. The van der Waals surface area contributed by atoms with Crippen LogP contribution in [-0.2, 0) is 17.8 Å². The van der Waals surface area contributed by atoms with E-state index in [1.807, 2.05) is 48.5 Å². The van der Waals surface area contributed by atoms with E-state index in [0.29, 0.717) is 17.3 Å². The normalized spacial score (nSPS) is 10.5. The molecule has 0 bridgehead atoms. The maximum absolute atomic E-state index is 10.6. The Morgan fingerprint density at radius 1 is 1.12 bits per heavy atom. The van der Waals surface area contributed by atoms with Crippen LogP contribution in [0.15, 0.2) is 53.9 Å². The zero-order valence-corrected chi connectivity index (χ0v) is 14.1. The standard InChI is InChI=1S/C18H14ClNO3S/c19-14-5-1-12(2-6-14)10-23-16-7-3-13(4-8-16)18-20-15(11-24-18)9-17(21)22/h1-8,11H,9-10H2,(H,21,22)/p-1. The molecule has 6 heteroatoms. The van der Waals surface area contributed by atoms with Crippen molar-refractivity contribution in [3.63, 3.8) is 0 Å². The lowest BCUT2D eigenvalue weighted by Gasteiger charge is -2.07. The molecule has 0 aliphatic carbocycles. The van der Waals surface area contributed by atoms with Crippen LogP contribution in [0.4, 0.5) is 0 Å². The molecular formula is C18H13ClNO3S-. The molecule has 0 aliphatic rings. The van der Waals surface area contributed by atoms with Crippen molar-refractivity contribution >= 4 is 28.9 Å². The summed E-state index contributed by atoms with van der Waals surface area (Å²) in [5, 5.41) is 13.8. The van der Waals surface area contributed by atoms with Gasteiger partial charge in [-0.2, -0.15) is 0 Å². The van der Waals surface area contributed by atoms with Gasteiger partial charge >= 0.3 is 0 Å². The number of aromatic nitrogens is 1. The maximum Gasteiger partial charge on any atom is 0.123 e. The van der Waals surface area contributed by atoms with E-state index in [4.69, 9.17) is 16.3 Å². The van der Waals surface area contributed by atoms with Gasteiger partial charge in [-0.3, -0.25) is 0 Å². The van der Waals surface area contributed by atoms with E-state index < -0.39 is 5.97 Å². The second kappa shape index (κ2) is 7.47. The predicted molar refractivity (Wildman–Crippen MR) is 92.0 cm³/mol. The Morgan fingerprint density at radius 3 is 2.50 bits per heavy atom. The number of carbonyl (C=O) groups is 1. The summed E-state index contributed by atoms with van der Waals surface area (Å²) in [4.78, 5) is 14.9. The molecular weight excluding hydrogens is 346 g/mol. The second-order valence-electron chi connectivity index (χ2n) is 5.13. The number of hydrogen-bond acceptors (Lipinski definition) is 5. The highest BCUT2D eigenvalue weighted by Gasteiger charge is 2.05. The van der Waals surface area contributed by atoms with Crippen LogP contribution in [0.5, 0.6) is 5.75 Å². The molecule has 122 valence electrons. The first-order chi connectivity index (χ1) is 11.6. The lowest BCUT2D eigenvalue weighted by atomic mass is 10.2. The molecule has 3 rings (SSSR count). The van der Waals surface area contributed by atoms with E-state index in [-0.39, 0.29) is 6.42 Å². The molecule has 2 aromatic carbocycles. The van der Waals surface area contributed by atoms with E-state index in [1.165, 1.54) is 11.3 Å². The van der Waals surface area contributed by atoms with Gasteiger partial charge in [0, 0.05) is 28.4 Å². The smallest absolute Gasteiger partial charge is 0.123 e. The zero-order valence-electron chi connectivity index (χ0n) is 12.6. The van der Waals surface area contributed by atoms with Crippen molar-refractivity contribution in [1.82, 2.24) is 4.98 Å². The monoisotopic (exact) mass is 358 g/mol. The molecule has 0 atom stereocenters. The number of nitrogens with zero attached hydrogens (tertiary/aromatic N) is 1. The largest absolute Gasteiger partial charge is 0.550 e. The van der Waals surface area contributed by atoms with Crippen molar-refractivity contribution in [1.29, 1.82) is 0 Å². The minimum Gasteiger partial charge on any atom is -0.550 e. The van der Waals surface area contributed by atoms with Gasteiger partial charge in [-0.15, -0.1) is 11.3 Å². The predicted octanol–water partition coefficient (Wildman–Crippen LogP) is 3.33. The number of carbonyl (C=O) groups excluding carboxylic acids is 1. The molecule has 0 aliphatic heterocycles. The molecule has 0 N–H and O–H groups in total.